The molecule has 0 spiro atoms. The lowest BCUT2D eigenvalue weighted by Crippen LogP contribution is -2.06. The van der Waals surface area contributed by atoms with Crippen LogP contribution in [0.1, 0.15) is 18.1 Å². The highest BCUT2D eigenvalue weighted by atomic mass is 19.4. The Labute approximate surface area is 107 Å². The molecule has 102 valence electrons. The average Bonchev–Trinajstić information content (AvgIpc) is 2.84. The van der Waals surface area contributed by atoms with E-state index in [1.807, 2.05) is 6.92 Å². The van der Waals surface area contributed by atoms with Gasteiger partial charge in [-0.05, 0) is 29.8 Å². The highest BCUT2D eigenvalue weighted by Gasteiger charge is 2.29. The Hall–Kier alpha value is -2.12. The monoisotopic (exact) mass is 271 g/mol. The molecule has 0 saturated carbocycles. The molecule has 1 N–H and O–H groups in total. The van der Waals surface area contributed by atoms with Crippen LogP contribution < -0.4 is 5.32 Å². The summed E-state index contributed by atoms with van der Waals surface area (Å²) in [5.74, 6) is 0.349. The van der Waals surface area contributed by atoms with E-state index in [1.165, 1.54) is 16.9 Å². The van der Waals surface area contributed by atoms with Crippen LogP contribution in [0.25, 0.3) is 0 Å². The number of nitrogens with one attached hydrogen (secondary N) is 1. The first-order valence-corrected chi connectivity index (χ1v) is 5.67. The van der Waals surface area contributed by atoms with Crippen molar-refractivity contribution in [1.29, 1.82) is 0 Å². The summed E-state index contributed by atoms with van der Waals surface area (Å²) in [5, 5.41) is 14.4. The summed E-state index contributed by atoms with van der Waals surface area (Å²) in [7, 11) is 0. The van der Waals surface area contributed by atoms with Gasteiger partial charge in [-0.3, -0.25) is 0 Å². The minimum Gasteiger partial charge on any atom is -0.348 e. The topological polar surface area (TPSA) is 55.6 Å². The van der Waals surface area contributed by atoms with Crippen LogP contribution in [0, 0.1) is 0 Å². The molecule has 1 aromatic carbocycles. The fraction of sp³-hybridized carbons (Fsp3) is 0.364. The number of aromatic nitrogens is 4. The Kier molecular flexibility index (Phi) is 3.68. The van der Waals surface area contributed by atoms with Crippen molar-refractivity contribution < 1.29 is 13.2 Å². The van der Waals surface area contributed by atoms with Crippen LogP contribution in [-0.2, 0) is 19.3 Å². The third-order valence-electron chi connectivity index (χ3n) is 2.47. The van der Waals surface area contributed by atoms with Crippen LogP contribution in [0.2, 0.25) is 0 Å². The number of tetrazole rings is 1. The number of benzene rings is 1. The third-order valence-corrected chi connectivity index (χ3v) is 2.47. The first kappa shape index (κ1) is 13.3. The highest BCUT2D eigenvalue weighted by molar-refractivity contribution is 5.28. The van der Waals surface area contributed by atoms with E-state index >= 15 is 0 Å². The zero-order valence-electron chi connectivity index (χ0n) is 10.1. The van der Waals surface area contributed by atoms with Gasteiger partial charge in [0.2, 0.25) is 0 Å². The van der Waals surface area contributed by atoms with Crippen LogP contribution in [0.4, 0.5) is 19.1 Å². The van der Waals surface area contributed by atoms with Crippen molar-refractivity contribution in [1.82, 2.24) is 20.2 Å². The van der Waals surface area contributed by atoms with E-state index in [2.05, 4.69) is 20.7 Å². The molecular formula is C11H12F3N5. The van der Waals surface area contributed by atoms with Gasteiger partial charge in [0.15, 0.2) is 0 Å². The van der Waals surface area contributed by atoms with E-state index in [4.69, 9.17) is 0 Å². The summed E-state index contributed by atoms with van der Waals surface area (Å²) in [6, 6.07) is 4.93. The Bertz CT molecular complexity index is 532. The second kappa shape index (κ2) is 5.25. The van der Waals surface area contributed by atoms with E-state index in [1.54, 1.807) is 0 Å². The lowest BCUT2D eigenvalue weighted by atomic mass is 10.1. The quantitative estimate of drug-likeness (QED) is 0.927. The summed E-state index contributed by atoms with van der Waals surface area (Å²) < 4.78 is 37.1. The molecule has 1 heterocycles. The van der Waals surface area contributed by atoms with Crippen molar-refractivity contribution in [3.05, 3.63) is 35.4 Å². The van der Waals surface area contributed by atoms with Gasteiger partial charge in [-0.1, -0.05) is 17.2 Å². The Morgan fingerprint density at radius 1 is 1.21 bits per heavy atom. The van der Waals surface area contributed by atoms with Crippen molar-refractivity contribution in [2.45, 2.75) is 26.2 Å². The van der Waals surface area contributed by atoms with Gasteiger partial charge in [0.05, 0.1) is 12.1 Å². The first-order valence-electron chi connectivity index (χ1n) is 5.67. The normalized spacial score (nSPS) is 11.6. The summed E-state index contributed by atoms with van der Waals surface area (Å²) in [4.78, 5) is 1.41. The van der Waals surface area contributed by atoms with E-state index in [-0.39, 0.29) is 0 Å². The zero-order chi connectivity index (χ0) is 13.9. The third kappa shape index (κ3) is 3.43. The van der Waals surface area contributed by atoms with Gasteiger partial charge in [-0.15, -0.1) is 5.10 Å². The molecule has 0 radical (unpaired) electrons. The lowest BCUT2D eigenvalue weighted by molar-refractivity contribution is -0.137. The van der Waals surface area contributed by atoms with Gasteiger partial charge in [0.25, 0.3) is 5.95 Å². The number of alkyl halides is 3. The van der Waals surface area contributed by atoms with E-state index < -0.39 is 11.7 Å². The number of aryl methyl sites for hydroxylation is 1. The van der Waals surface area contributed by atoms with Gasteiger partial charge in [-0.2, -0.15) is 18.0 Å². The van der Waals surface area contributed by atoms with Crippen LogP contribution in [0.5, 0.6) is 0 Å². The molecule has 0 amide bonds. The van der Waals surface area contributed by atoms with Gasteiger partial charge >= 0.3 is 6.18 Å². The van der Waals surface area contributed by atoms with Gasteiger partial charge in [0, 0.05) is 6.54 Å². The number of anilines is 1. The molecule has 0 aliphatic rings. The molecule has 1 aromatic heterocycles. The summed E-state index contributed by atoms with van der Waals surface area (Å²) >= 11 is 0. The Morgan fingerprint density at radius 3 is 2.42 bits per heavy atom. The molecule has 0 aliphatic heterocycles. The van der Waals surface area contributed by atoms with Crippen LogP contribution in [0.15, 0.2) is 24.3 Å². The maximum absolute atomic E-state index is 12.4. The molecule has 19 heavy (non-hydrogen) atoms. The van der Waals surface area contributed by atoms with Crippen molar-refractivity contribution >= 4 is 5.95 Å². The fourth-order valence-corrected chi connectivity index (χ4v) is 1.44. The van der Waals surface area contributed by atoms with E-state index in [9.17, 15) is 13.2 Å². The van der Waals surface area contributed by atoms with Crippen molar-refractivity contribution in [3.8, 4) is 0 Å². The molecule has 0 aliphatic carbocycles. The highest BCUT2D eigenvalue weighted by Crippen LogP contribution is 2.29. The number of nitrogens with zero attached hydrogens (tertiary/aromatic N) is 4. The number of hydrogen-bond donors (Lipinski definition) is 1. The largest absolute Gasteiger partial charge is 0.416 e. The fourth-order valence-electron chi connectivity index (χ4n) is 1.44. The molecular weight excluding hydrogens is 259 g/mol. The molecule has 0 saturated heterocycles. The molecule has 8 heteroatoms. The average molecular weight is 271 g/mol. The molecule has 0 bridgehead atoms. The van der Waals surface area contributed by atoms with Gasteiger partial charge in [-0.25, -0.2) is 0 Å². The minimum absolute atomic E-state index is 0.341. The van der Waals surface area contributed by atoms with Gasteiger partial charge in [0.1, 0.15) is 0 Å². The van der Waals surface area contributed by atoms with Crippen LogP contribution >= 0.6 is 0 Å². The SMILES string of the molecule is CCn1nnc(NCc2ccc(C(F)(F)F)cc2)n1. The van der Waals surface area contributed by atoms with E-state index in [0.29, 0.717) is 24.6 Å². The minimum atomic E-state index is -4.31. The Balaban J connectivity index is 1.96. The van der Waals surface area contributed by atoms with Crippen molar-refractivity contribution in [3.63, 3.8) is 0 Å². The number of halogens is 3. The molecule has 0 fully saturated rings. The summed E-state index contributed by atoms with van der Waals surface area (Å²) in [6.45, 7) is 2.82. The smallest absolute Gasteiger partial charge is 0.348 e. The number of hydrogen-bond acceptors (Lipinski definition) is 4. The van der Waals surface area contributed by atoms with Crippen molar-refractivity contribution in [2.24, 2.45) is 0 Å². The Morgan fingerprint density at radius 2 is 1.89 bits per heavy atom. The second-order valence-electron chi connectivity index (χ2n) is 3.85. The summed E-state index contributed by atoms with van der Waals surface area (Å²) in [6.07, 6.45) is -4.31. The maximum Gasteiger partial charge on any atom is 0.416 e. The van der Waals surface area contributed by atoms with Crippen LogP contribution in [0.3, 0.4) is 0 Å². The standard InChI is InChI=1S/C11H12F3N5/c1-2-19-17-10(16-18-19)15-7-8-3-5-9(6-4-8)11(12,13)14/h3-6H,2,7H2,1H3,(H,15,17). The van der Waals surface area contributed by atoms with E-state index in [0.717, 1.165) is 12.1 Å². The predicted octanol–water partition coefficient (Wildman–Crippen LogP) is 2.32. The predicted molar refractivity (Wildman–Crippen MR) is 62.3 cm³/mol. The lowest BCUT2D eigenvalue weighted by Gasteiger charge is -2.07. The zero-order valence-corrected chi connectivity index (χ0v) is 10.1. The molecule has 0 unspecified atom stereocenters. The molecule has 5 nitrogen and oxygen atoms in total. The van der Waals surface area contributed by atoms with Gasteiger partial charge < -0.3 is 5.32 Å². The first-order chi connectivity index (χ1) is 8.99. The molecule has 2 rings (SSSR count). The number of rotatable bonds is 4. The molecule has 0 atom stereocenters. The summed E-state index contributed by atoms with van der Waals surface area (Å²) in [5.41, 5.74) is 0.0483. The maximum atomic E-state index is 12.4. The molecule has 2 aromatic rings. The second-order valence-corrected chi connectivity index (χ2v) is 3.85. The van der Waals surface area contributed by atoms with Crippen molar-refractivity contribution in [2.75, 3.05) is 5.32 Å². The van der Waals surface area contributed by atoms with Crippen LogP contribution in [-0.4, -0.2) is 20.2 Å².